The minimum atomic E-state index is -3.57. The van der Waals surface area contributed by atoms with E-state index in [1.807, 2.05) is 27.7 Å². The van der Waals surface area contributed by atoms with Gasteiger partial charge < -0.3 is 10.7 Å². The molecule has 1 aromatic rings. The number of nitrogens with zero attached hydrogens (tertiary/aromatic N) is 1. The van der Waals surface area contributed by atoms with Crippen molar-refractivity contribution in [2.75, 3.05) is 0 Å². The quantitative estimate of drug-likeness (QED) is 0.743. The summed E-state index contributed by atoms with van der Waals surface area (Å²) in [6.07, 6.45) is 2.64. The van der Waals surface area contributed by atoms with Crippen molar-refractivity contribution in [3.05, 3.63) is 12.5 Å². The summed E-state index contributed by atoms with van der Waals surface area (Å²) in [4.78, 5) is 6.33. The fourth-order valence-corrected chi connectivity index (χ4v) is 4.55. The number of hydrogen-bond donors (Lipinski definition) is 3. The first kappa shape index (κ1) is 13.5. The van der Waals surface area contributed by atoms with Gasteiger partial charge in [0.15, 0.2) is 5.03 Å². The normalized spacial score (nSPS) is 29.8. The van der Waals surface area contributed by atoms with E-state index < -0.39 is 10.0 Å². The van der Waals surface area contributed by atoms with E-state index in [1.54, 1.807) is 0 Å². The molecule has 0 spiro atoms. The summed E-state index contributed by atoms with van der Waals surface area (Å²) < 4.78 is 27.0. The Labute approximate surface area is 107 Å². The predicted octanol–water partition coefficient (Wildman–Crippen LogP) is 0.450. The van der Waals surface area contributed by atoms with Crippen LogP contribution in [0.15, 0.2) is 17.6 Å². The van der Waals surface area contributed by atoms with E-state index in [-0.39, 0.29) is 27.9 Å². The lowest BCUT2D eigenvalue weighted by molar-refractivity contribution is -0.0593. The Bertz CT molecular complexity index is 517. The largest absolute Gasteiger partial charge is 0.335 e. The monoisotopic (exact) mass is 272 g/mol. The van der Waals surface area contributed by atoms with Crippen LogP contribution in [0.5, 0.6) is 0 Å². The molecule has 0 aromatic carbocycles. The molecule has 2 rings (SSSR count). The fraction of sp³-hybridized carbons (Fsp3) is 0.727. The second-order valence-corrected chi connectivity index (χ2v) is 7.77. The van der Waals surface area contributed by atoms with Crippen molar-refractivity contribution < 1.29 is 8.42 Å². The molecule has 18 heavy (non-hydrogen) atoms. The Balaban J connectivity index is 2.26. The third-order valence-electron chi connectivity index (χ3n) is 4.13. The van der Waals surface area contributed by atoms with Crippen LogP contribution in [0.25, 0.3) is 0 Å². The topological polar surface area (TPSA) is 101 Å². The predicted molar refractivity (Wildman–Crippen MR) is 68.2 cm³/mol. The van der Waals surface area contributed by atoms with Gasteiger partial charge in [-0.05, 0) is 10.8 Å². The molecular formula is C11H20N4O2S. The first-order valence-electron chi connectivity index (χ1n) is 5.86. The van der Waals surface area contributed by atoms with E-state index in [2.05, 4.69) is 14.7 Å². The van der Waals surface area contributed by atoms with Crippen LogP contribution in [-0.2, 0) is 10.0 Å². The van der Waals surface area contributed by atoms with Crippen LogP contribution < -0.4 is 10.5 Å². The van der Waals surface area contributed by atoms with Crippen LogP contribution in [0.1, 0.15) is 27.7 Å². The molecule has 1 aromatic heterocycles. The first-order chi connectivity index (χ1) is 8.10. The Morgan fingerprint density at radius 1 is 1.33 bits per heavy atom. The smallest absolute Gasteiger partial charge is 0.257 e. The molecule has 0 atom stereocenters. The molecule has 7 heteroatoms. The summed E-state index contributed by atoms with van der Waals surface area (Å²) in [6.45, 7) is 7.90. The molecule has 1 saturated carbocycles. The zero-order chi connectivity index (χ0) is 13.8. The maximum absolute atomic E-state index is 12.2. The van der Waals surface area contributed by atoms with Crippen molar-refractivity contribution in [2.45, 2.75) is 44.8 Å². The van der Waals surface area contributed by atoms with Crippen LogP contribution in [0, 0.1) is 10.8 Å². The van der Waals surface area contributed by atoms with Crippen molar-refractivity contribution in [1.82, 2.24) is 14.7 Å². The minimum Gasteiger partial charge on any atom is -0.335 e. The number of nitrogens with two attached hydrogens (primary N) is 1. The van der Waals surface area contributed by atoms with Crippen LogP contribution in [0.4, 0.5) is 0 Å². The molecule has 4 N–H and O–H groups in total. The lowest BCUT2D eigenvalue weighted by Crippen LogP contribution is -2.75. The zero-order valence-electron chi connectivity index (χ0n) is 11.1. The van der Waals surface area contributed by atoms with Crippen molar-refractivity contribution in [1.29, 1.82) is 0 Å². The first-order valence-corrected chi connectivity index (χ1v) is 7.35. The molecule has 1 aliphatic carbocycles. The summed E-state index contributed by atoms with van der Waals surface area (Å²) in [6, 6.07) is -0.243. The van der Waals surface area contributed by atoms with E-state index in [9.17, 15) is 8.42 Å². The lowest BCUT2D eigenvalue weighted by atomic mass is 9.49. The SMILES string of the molecule is CC1(C)C(N)C(C)(C)C1NS(=O)(=O)c1cnc[nH]1. The van der Waals surface area contributed by atoms with E-state index in [4.69, 9.17) is 5.73 Å². The van der Waals surface area contributed by atoms with Crippen molar-refractivity contribution in [3.8, 4) is 0 Å². The molecule has 1 fully saturated rings. The molecule has 0 saturated heterocycles. The highest BCUT2D eigenvalue weighted by Crippen LogP contribution is 2.52. The number of H-pyrrole nitrogens is 1. The number of sulfonamides is 1. The van der Waals surface area contributed by atoms with Gasteiger partial charge in [-0.2, -0.15) is 0 Å². The maximum atomic E-state index is 12.2. The van der Waals surface area contributed by atoms with Crippen LogP contribution >= 0.6 is 0 Å². The third kappa shape index (κ3) is 1.77. The lowest BCUT2D eigenvalue weighted by Gasteiger charge is -2.62. The Morgan fingerprint density at radius 3 is 2.33 bits per heavy atom. The van der Waals surface area contributed by atoms with Gasteiger partial charge in [-0.15, -0.1) is 0 Å². The summed E-state index contributed by atoms with van der Waals surface area (Å²) in [5.74, 6) is 0. The average molecular weight is 272 g/mol. The Hall–Kier alpha value is -0.920. The van der Waals surface area contributed by atoms with Crippen LogP contribution in [0.2, 0.25) is 0 Å². The molecule has 0 aliphatic heterocycles. The summed E-state index contributed by atoms with van der Waals surface area (Å²) >= 11 is 0. The number of hydrogen-bond acceptors (Lipinski definition) is 4. The average Bonchev–Trinajstić information content (AvgIpc) is 2.78. The molecular weight excluding hydrogens is 252 g/mol. The molecule has 0 bridgehead atoms. The van der Waals surface area contributed by atoms with Gasteiger partial charge in [-0.25, -0.2) is 18.1 Å². The number of imidazole rings is 1. The summed E-state index contributed by atoms with van der Waals surface area (Å²) in [5, 5.41) is 0.0783. The number of aromatic nitrogens is 2. The van der Waals surface area contributed by atoms with Gasteiger partial charge >= 0.3 is 0 Å². The Morgan fingerprint density at radius 2 is 1.89 bits per heavy atom. The van der Waals surface area contributed by atoms with Gasteiger partial charge in [0.1, 0.15) is 0 Å². The third-order valence-corrected chi connectivity index (χ3v) is 5.48. The fourth-order valence-electron chi connectivity index (χ4n) is 3.09. The molecule has 0 radical (unpaired) electrons. The molecule has 102 valence electrons. The van der Waals surface area contributed by atoms with Gasteiger partial charge in [-0.3, -0.25) is 0 Å². The maximum Gasteiger partial charge on any atom is 0.257 e. The van der Waals surface area contributed by atoms with E-state index in [0.717, 1.165) is 0 Å². The molecule has 1 heterocycles. The Kier molecular flexibility index (Phi) is 2.84. The molecule has 0 unspecified atom stereocenters. The standard InChI is InChI=1S/C11H20N4O2S/c1-10(2)8(12)11(3,4)9(10)15-18(16,17)7-5-13-6-14-7/h5-6,8-9,15H,12H2,1-4H3,(H,13,14). The highest BCUT2D eigenvalue weighted by atomic mass is 32.2. The number of aromatic amines is 1. The summed E-state index contributed by atoms with van der Waals surface area (Å²) in [5.41, 5.74) is 5.57. The van der Waals surface area contributed by atoms with Gasteiger partial charge in [0.25, 0.3) is 10.0 Å². The molecule has 0 amide bonds. The van der Waals surface area contributed by atoms with Crippen LogP contribution in [0.3, 0.4) is 0 Å². The zero-order valence-corrected chi connectivity index (χ0v) is 11.9. The van der Waals surface area contributed by atoms with Crippen LogP contribution in [-0.4, -0.2) is 30.5 Å². The second kappa shape index (κ2) is 3.79. The van der Waals surface area contributed by atoms with Crippen molar-refractivity contribution in [2.24, 2.45) is 16.6 Å². The number of nitrogens with one attached hydrogen (secondary N) is 2. The van der Waals surface area contributed by atoms with E-state index >= 15 is 0 Å². The van der Waals surface area contributed by atoms with Gasteiger partial charge in [0.05, 0.1) is 12.5 Å². The highest BCUT2D eigenvalue weighted by molar-refractivity contribution is 7.89. The van der Waals surface area contributed by atoms with Gasteiger partial charge in [-0.1, -0.05) is 27.7 Å². The molecule has 6 nitrogen and oxygen atoms in total. The second-order valence-electron chi connectivity index (χ2n) is 6.09. The van der Waals surface area contributed by atoms with Gasteiger partial charge in [0, 0.05) is 12.1 Å². The van der Waals surface area contributed by atoms with E-state index in [1.165, 1.54) is 12.5 Å². The molecule has 1 aliphatic rings. The minimum absolute atomic E-state index is 0.0422. The van der Waals surface area contributed by atoms with E-state index in [0.29, 0.717) is 0 Å². The highest BCUT2D eigenvalue weighted by Gasteiger charge is 2.61. The van der Waals surface area contributed by atoms with Crippen molar-refractivity contribution in [3.63, 3.8) is 0 Å². The van der Waals surface area contributed by atoms with Gasteiger partial charge in [0.2, 0.25) is 0 Å². The summed E-state index contributed by atoms with van der Waals surface area (Å²) in [7, 11) is -3.57. The number of rotatable bonds is 3. The van der Waals surface area contributed by atoms with Crippen molar-refractivity contribution >= 4 is 10.0 Å².